The van der Waals surface area contributed by atoms with Crippen molar-refractivity contribution in [3.8, 4) is 0 Å². The second-order valence-electron chi connectivity index (χ2n) is 8.09. The van der Waals surface area contributed by atoms with Gasteiger partial charge in [0.1, 0.15) is 5.60 Å². The molecule has 0 unspecified atom stereocenters. The molecule has 0 spiro atoms. The Kier molecular flexibility index (Phi) is 5.54. The number of nitrogens with one attached hydrogen (secondary N) is 1. The van der Waals surface area contributed by atoms with Crippen LogP contribution in [-0.4, -0.2) is 83.1 Å². The number of piperazine rings is 1. The van der Waals surface area contributed by atoms with Gasteiger partial charge in [0.15, 0.2) is 0 Å². The van der Waals surface area contributed by atoms with E-state index in [2.05, 4.69) is 21.8 Å². The molecule has 0 saturated carbocycles. The highest BCUT2D eigenvalue weighted by molar-refractivity contribution is 5.94. The third-order valence-electron chi connectivity index (χ3n) is 6.27. The average molecular weight is 396 g/mol. The first-order valence-electron chi connectivity index (χ1n) is 10.2. The fraction of sp³-hybridized carbons (Fsp3) is 0.455. The normalized spacial score (nSPS) is 26.4. The molecule has 0 aliphatic carbocycles. The number of pyridine rings is 1. The molecule has 2 atom stereocenters. The fourth-order valence-electron chi connectivity index (χ4n) is 4.48. The van der Waals surface area contributed by atoms with Gasteiger partial charge in [-0.2, -0.15) is 0 Å². The summed E-state index contributed by atoms with van der Waals surface area (Å²) in [6, 6.07) is 12.6. The van der Waals surface area contributed by atoms with E-state index in [0.717, 1.165) is 31.7 Å². The fourth-order valence-corrected chi connectivity index (χ4v) is 4.48. The second-order valence-corrected chi connectivity index (χ2v) is 8.09. The number of amides is 1. The summed E-state index contributed by atoms with van der Waals surface area (Å²) in [5.41, 5.74) is -0.0188. The molecule has 7 heteroatoms. The molecule has 2 aromatic rings. The van der Waals surface area contributed by atoms with Gasteiger partial charge in [-0.05, 0) is 25.1 Å². The van der Waals surface area contributed by atoms with E-state index in [0.29, 0.717) is 25.1 Å². The summed E-state index contributed by atoms with van der Waals surface area (Å²) in [5.74, 6) is -0.162. The monoisotopic (exact) mass is 396 g/mol. The zero-order valence-electron chi connectivity index (χ0n) is 16.8. The number of likely N-dealkylation sites (N-methyl/N-ethyl adjacent to an activating group) is 1. The number of hydrogen-bond acceptors (Lipinski definition) is 5. The molecule has 7 nitrogen and oxygen atoms in total. The molecule has 2 N–H and O–H groups in total. The number of rotatable bonds is 3. The molecule has 154 valence electrons. The lowest BCUT2D eigenvalue weighted by molar-refractivity contribution is -0.101. The molecular formula is C22H28N4O3. The van der Waals surface area contributed by atoms with Gasteiger partial charge in [0.25, 0.3) is 5.91 Å². The Balaban J connectivity index is 1.62. The number of aliphatic hydroxyl groups is 1. The second kappa shape index (κ2) is 8.10. The van der Waals surface area contributed by atoms with Crippen LogP contribution in [0.1, 0.15) is 22.3 Å². The third kappa shape index (κ3) is 3.99. The number of aromatic nitrogens is 1. The molecule has 0 bridgehead atoms. The predicted molar refractivity (Wildman–Crippen MR) is 111 cm³/mol. The van der Waals surface area contributed by atoms with Gasteiger partial charge in [-0.3, -0.25) is 14.5 Å². The Labute approximate surface area is 170 Å². The number of hydrogen-bond donors (Lipinski definition) is 2. The number of nitrogens with zero attached hydrogens (tertiary/aromatic N) is 3. The molecule has 1 aromatic carbocycles. The van der Waals surface area contributed by atoms with Crippen LogP contribution in [0.15, 0.2) is 53.5 Å². The van der Waals surface area contributed by atoms with Crippen LogP contribution in [0.3, 0.4) is 0 Å². The SMILES string of the molecule is CN1CCN([C@@H]2CN(C(=O)c3cc[nH]c(=O)c3)CC[C@]2(O)c2ccccc2)CC1. The highest BCUT2D eigenvalue weighted by Gasteiger charge is 2.47. The van der Waals surface area contributed by atoms with Gasteiger partial charge in [0.05, 0.1) is 6.04 Å². The molecule has 2 saturated heterocycles. The van der Waals surface area contributed by atoms with E-state index in [1.54, 1.807) is 11.0 Å². The number of likely N-dealkylation sites (tertiary alicyclic amines) is 1. The largest absolute Gasteiger partial charge is 0.383 e. The summed E-state index contributed by atoms with van der Waals surface area (Å²) >= 11 is 0. The van der Waals surface area contributed by atoms with Crippen LogP contribution in [0.4, 0.5) is 0 Å². The van der Waals surface area contributed by atoms with Crippen LogP contribution in [-0.2, 0) is 5.60 Å². The Morgan fingerprint density at radius 2 is 1.83 bits per heavy atom. The molecule has 4 rings (SSSR count). The maximum Gasteiger partial charge on any atom is 0.254 e. The molecule has 2 fully saturated rings. The summed E-state index contributed by atoms with van der Waals surface area (Å²) in [6.45, 7) is 4.45. The van der Waals surface area contributed by atoms with E-state index < -0.39 is 5.60 Å². The third-order valence-corrected chi connectivity index (χ3v) is 6.27. The van der Waals surface area contributed by atoms with Gasteiger partial charge >= 0.3 is 0 Å². The van der Waals surface area contributed by atoms with Gasteiger partial charge in [-0.1, -0.05) is 30.3 Å². The van der Waals surface area contributed by atoms with Crippen LogP contribution < -0.4 is 5.56 Å². The van der Waals surface area contributed by atoms with Gasteiger partial charge in [-0.15, -0.1) is 0 Å². The van der Waals surface area contributed by atoms with Crippen molar-refractivity contribution in [3.05, 3.63) is 70.1 Å². The van der Waals surface area contributed by atoms with Crippen molar-refractivity contribution < 1.29 is 9.90 Å². The topological polar surface area (TPSA) is 79.9 Å². The van der Waals surface area contributed by atoms with Crippen LogP contribution in [0.5, 0.6) is 0 Å². The van der Waals surface area contributed by atoms with Crippen LogP contribution >= 0.6 is 0 Å². The smallest absolute Gasteiger partial charge is 0.254 e. The zero-order chi connectivity index (χ0) is 20.4. The summed E-state index contributed by atoms with van der Waals surface area (Å²) in [6.07, 6.45) is 1.96. The molecule has 2 aliphatic rings. The van der Waals surface area contributed by atoms with E-state index >= 15 is 0 Å². The van der Waals surface area contributed by atoms with Gasteiger partial charge < -0.3 is 19.9 Å². The van der Waals surface area contributed by atoms with Crippen molar-refractivity contribution in [1.29, 1.82) is 0 Å². The van der Waals surface area contributed by atoms with Crippen molar-refractivity contribution in [3.63, 3.8) is 0 Å². The maximum atomic E-state index is 13.0. The number of benzene rings is 1. The summed E-state index contributed by atoms with van der Waals surface area (Å²) < 4.78 is 0. The molecule has 0 radical (unpaired) electrons. The average Bonchev–Trinajstić information content (AvgIpc) is 2.75. The summed E-state index contributed by atoms with van der Waals surface area (Å²) in [4.78, 5) is 33.6. The van der Waals surface area contributed by atoms with Gasteiger partial charge in [0, 0.05) is 57.1 Å². The van der Waals surface area contributed by atoms with E-state index in [-0.39, 0.29) is 17.5 Å². The highest BCUT2D eigenvalue weighted by Crippen LogP contribution is 2.36. The number of aromatic amines is 1. The first kappa shape index (κ1) is 19.8. The lowest BCUT2D eigenvalue weighted by atomic mass is 9.79. The van der Waals surface area contributed by atoms with Crippen LogP contribution in [0.25, 0.3) is 0 Å². The molecular weight excluding hydrogens is 368 g/mol. The summed E-state index contributed by atoms with van der Waals surface area (Å²) in [5, 5.41) is 11.8. The minimum atomic E-state index is -1.01. The van der Waals surface area contributed by atoms with Gasteiger partial charge in [0.2, 0.25) is 5.56 Å². The Morgan fingerprint density at radius 1 is 1.10 bits per heavy atom. The number of carbonyl (C=O) groups is 1. The summed E-state index contributed by atoms with van der Waals surface area (Å²) in [7, 11) is 2.10. The van der Waals surface area contributed by atoms with Crippen molar-refractivity contribution in [2.45, 2.75) is 18.1 Å². The van der Waals surface area contributed by atoms with E-state index in [1.165, 1.54) is 12.3 Å². The molecule has 1 aromatic heterocycles. The van der Waals surface area contributed by atoms with Crippen LogP contribution in [0, 0.1) is 0 Å². The lowest BCUT2D eigenvalue weighted by Crippen LogP contribution is -2.64. The molecule has 3 heterocycles. The van der Waals surface area contributed by atoms with E-state index in [1.807, 2.05) is 30.3 Å². The number of piperidine rings is 1. The predicted octanol–water partition coefficient (Wildman–Crippen LogP) is 0.725. The standard InChI is InChI=1S/C22H28N4O3/c1-24-11-13-25(14-12-24)19-16-26(21(28)17-7-9-23-20(27)15-17)10-8-22(19,29)18-5-3-2-4-6-18/h2-7,9,15,19,29H,8,10-14,16H2,1H3,(H,23,27)/t19-,22+/m1/s1. The molecule has 1 amide bonds. The minimum Gasteiger partial charge on any atom is -0.383 e. The van der Waals surface area contributed by atoms with Crippen molar-refractivity contribution in [2.75, 3.05) is 46.3 Å². The Morgan fingerprint density at radius 3 is 2.52 bits per heavy atom. The van der Waals surface area contributed by atoms with Crippen molar-refractivity contribution in [1.82, 2.24) is 19.7 Å². The van der Waals surface area contributed by atoms with Crippen LogP contribution in [0.2, 0.25) is 0 Å². The maximum absolute atomic E-state index is 13.0. The lowest BCUT2D eigenvalue weighted by Gasteiger charge is -2.51. The minimum absolute atomic E-state index is 0.162. The van der Waals surface area contributed by atoms with E-state index in [9.17, 15) is 14.7 Å². The zero-order valence-corrected chi connectivity index (χ0v) is 16.8. The first-order chi connectivity index (χ1) is 14.0. The van der Waals surface area contributed by atoms with Crippen molar-refractivity contribution in [2.24, 2.45) is 0 Å². The number of H-pyrrole nitrogens is 1. The quantitative estimate of drug-likeness (QED) is 0.800. The number of carbonyl (C=O) groups excluding carboxylic acids is 1. The highest BCUT2D eigenvalue weighted by atomic mass is 16.3. The van der Waals surface area contributed by atoms with Gasteiger partial charge in [-0.25, -0.2) is 0 Å². The molecule has 29 heavy (non-hydrogen) atoms. The Bertz CT molecular complexity index is 908. The van der Waals surface area contributed by atoms with Crippen molar-refractivity contribution >= 4 is 5.91 Å². The molecule has 2 aliphatic heterocycles. The van der Waals surface area contributed by atoms with E-state index in [4.69, 9.17) is 0 Å². The first-order valence-corrected chi connectivity index (χ1v) is 10.2. The Hall–Kier alpha value is -2.48.